The van der Waals surface area contributed by atoms with Crippen LogP contribution in [0.4, 0.5) is 0 Å². The van der Waals surface area contributed by atoms with Gasteiger partial charge in [0, 0.05) is 24.0 Å². The number of aromatic nitrogens is 1. The van der Waals surface area contributed by atoms with Crippen molar-refractivity contribution in [3.63, 3.8) is 0 Å². The van der Waals surface area contributed by atoms with Crippen molar-refractivity contribution in [1.29, 1.82) is 0 Å². The Morgan fingerprint density at radius 1 is 1.24 bits per heavy atom. The van der Waals surface area contributed by atoms with Gasteiger partial charge in [-0.1, -0.05) is 30.9 Å². The van der Waals surface area contributed by atoms with Crippen LogP contribution in [-0.4, -0.2) is 34.4 Å². The van der Waals surface area contributed by atoms with Crippen LogP contribution in [0, 0.1) is 0 Å². The predicted molar refractivity (Wildman–Crippen MR) is 97.6 cm³/mol. The summed E-state index contributed by atoms with van der Waals surface area (Å²) in [4.78, 5) is 19.4. The van der Waals surface area contributed by atoms with Gasteiger partial charge < -0.3 is 15.1 Å². The first-order valence-corrected chi connectivity index (χ1v) is 9.57. The van der Waals surface area contributed by atoms with Crippen LogP contribution in [0.1, 0.15) is 56.8 Å². The molecule has 1 saturated heterocycles. The number of amides is 1. The van der Waals surface area contributed by atoms with Crippen LogP contribution in [0.5, 0.6) is 0 Å². The molecule has 2 aromatic rings. The van der Waals surface area contributed by atoms with Gasteiger partial charge in [0.1, 0.15) is 5.52 Å². The maximum atomic E-state index is 12.8. The van der Waals surface area contributed by atoms with Crippen molar-refractivity contribution < 1.29 is 9.21 Å². The molecule has 0 unspecified atom stereocenters. The van der Waals surface area contributed by atoms with Crippen molar-refractivity contribution in [2.45, 2.75) is 56.4 Å². The zero-order valence-corrected chi connectivity index (χ0v) is 15.1. The lowest BCUT2D eigenvalue weighted by atomic mass is 9.81. The number of benzene rings is 1. The number of fused-ring (bicyclic) bond motifs is 1. The molecule has 1 amide bonds. The molecule has 1 aromatic heterocycles. The van der Waals surface area contributed by atoms with Crippen LogP contribution in [0.3, 0.4) is 0 Å². The third-order valence-corrected chi connectivity index (χ3v) is 5.90. The molecule has 1 aliphatic carbocycles. The molecule has 0 radical (unpaired) electrons. The molecule has 2 heterocycles. The quantitative estimate of drug-likeness (QED) is 0.881. The van der Waals surface area contributed by atoms with Crippen molar-refractivity contribution in [2.75, 3.05) is 13.1 Å². The summed E-state index contributed by atoms with van der Waals surface area (Å²) in [6.07, 6.45) is 6.67. The van der Waals surface area contributed by atoms with Gasteiger partial charge in [-0.2, -0.15) is 0 Å². The number of piperidine rings is 1. The lowest BCUT2D eigenvalue weighted by Crippen LogP contribution is -2.57. The standard InChI is InChI=1S/C19H24ClN3O2/c20-14-4-5-16-15(12-14)22-17(25-16)13-6-10-23(11-7-13)18(24)19(21)8-2-1-3-9-19/h4-5,12-13H,1-3,6-11,21H2. The second kappa shape index (κ2) is 6.61. The Kier molecular flexibility index (Phi) is 4.46. The van der Waals surface area contributed by atoms with Gasteiger partial charge in [0.05, 0.1) is 5.54 Å². The maximum absolute atomic E-state index is 12.8. The molecule has 1 aliphatic heterocycles. The number of hydrogen-bond acceptors (Lipinski definition) is 4. The van der Waals surface area contributed by atoms with E-state index in [0.29, 0.717) is 5.02 Å². The molecular weight excluding hydrogens is 338 g/mol. The number of carbonyl (C=O) groups excluding carboxylic acids is 1. The van der Waals surface area contributed by atoms with Gasteiger partial charge in [0.15, 0.2) is 11.5 Å². The number of carbonyl (C=O) groups is 1. The first-order chi connectivity index (χ1) is 12.0. The Labute approximate surface area is 152 Å². The normalized spacial score (nSPS) is 21.6. The summed E-state index contributed by atoms with van der Waals surface area (Å²) in [6, 6.07) is 5.49. The van der Waals surface area contributed by atoms with Gasteiger partial charge in [-0.15, -0.1) is 0 Å². The summed E-state index contributed by atoms with van der Waals surface area (Å²) >= 11 is 6.02. The zero-order valence-electron chi connectivity index (χ0n) is 14.3. The lowest BCUT2D eigenvalue weighted by molar-refractivity contribution is -0.139. The van der Waals surface area contributed by atoms with E-state index in [1.165, 1.54) is 6.42 Å². The maximum Gasteiger partial charge on any atom is 0.242 e. The molecule has 2 aliphatic rings. The average Bonchev–Trinajstić information content (AvgIpc) is 3.05. The van der Waals surface area contributed by atoms with E-state index < -0.39 is 5.54 Å². The van der Waals surface area contributed by atoms with Gasteiger partial charge >= 0.3 is 0 Å². The first-order valence-electron chi connectivity index (χ1n) is 9.19. The molecule has 134 valence electrons. The molecule has 5 nitrogen and oxygen atoms in total. The van der Waals surface area contributed by atoms with Crippen molar-refractivity contribution in [2.24, 2.45) is 5.73 Å². The number of hydrogen-bond donors (Lipinski definition) is 1. The highest BCUT2D eigenvalue weighted by atomic mass is 35.5. The summed E-state index contributed by atoms with van der Waals surface area (Å²) in [6.45, 7) is 1.45. The molecule has 2 fully saturated rings. The van der Waals surface area contributed by atoms with Crippen LogP contribution in [0.15, 0.2) is 22.6 Å². The molecule has 6 heteroatoms. The molecule has 1 aromatic carbocycles. The molecule has 4 rings (SSSR count). The number of nitrogens with two attached hydrogens (primary N) is 1. The zero-order chi connectivity index (χ0) is 17.4. The van der Waals surface area contributed by atoms with Crippen LogP contribution in [-0.2, 0) is 4.79 Å². The monoisotopic (exact) mass is 361 g/mol. The van der Waals surface area contributed by atoms with Crippen LogP contribution in [0.25, 0.3) is 11.1 Å². The molecule has 25 heavy (non-hydrogen) atoms. The first kappa shape index (κ1) is 16.9. The van der Waals surface area contributed by atoms with Gasteiger partial charge in [0.2, 0.25) is 5.91 Å². The smallest absolute Gasteiger partial charge is 0.242 e. The van der Waals surface area contributed by atoms with Crippen molar-refractivity contribution in [1.82, 2.24) is 9.88 Å². The second-order valence-corrected chi connectivity index (χ2v) is 7.88. The second-order valence-electron chi connectivity index (χ2n) is 7.45. The molecule has 2 N–H and O–H groups in total. The van der Waals surface area contributed by atoms with E-state index in [4.69, 9.17) is 21.8 Å². The summed E-state index contributed by atoms with van der Waals surface area (Å²) in [5.74, 6) is 1.13. The molecule has 0 bridgehead atoms. The summed E-state index contributed by atoms with van der Waals surface area (Å²) in [7, 11) is 0. The summed E-state index contributed by atoms with van der Waals surface area (Å²) < 4.78 is 5.90. The Hall–Kier alpha value is -1.59. The van der Waals surface area contributed by atoms with Crippen molar-refractivity contribution in [3.05, 3.63) is 29.1 Å². The fourth-order valence-electron chi connectivity index (χ4n) is 4.13. The summed E-state index contributed by atoms with van der Waals surface area (Å²) in [5, 5.41) is 0.661. The lowest BCUT2D eigenvalue weighted by Gasteiger charge is -2.39. The number of oxazole rings is 1. The van der Waals surface area contributed by atoms with E-state index in [9.17, 15) is 4.79 Å². The number of halogens is 1. The highest BCUT2D eigenvalue weighted by molar-refractivity contribution is 6.31. The average molecular weight is 362 g/mol. The molecule has 1 saturated carbocycles. The van der Waals surface area contributed by atoms with Crippen LogP contribution < -0.4 is 5.73 Å². The Morgan fingerprint density at radius 2 is 1.96 bits per heavy atom. The van der Waals surface area contributed by atoms with Crippen molar-refractivity contribution in [3.8, 4) is 0 Å². The SMILES string of the molecule is NC1(C(=O)N2CCC(c3nc4cc(Cl)ccc4o3)CC2)CCCCC1. The van der Waals surface area contributed by atoms with E-state index in [1.54, 1.807) is 0 Å². The molecule has 0 atom stereocenters. The largest absolute Gasteiger partial charge is 0.440 e. The fourth-order valence-corrected chi connectivity index (χ4v) is 4.30. The van der Waals surface area contributed by atoms with E-state index in [1.807, 2.05) is 23.1 Å². The Bertz CT molecular complexity index is 774. The van der Waals surface area contributed by atoms with E-state index in [0.717, 1.165) is 68.6 Å². The molecular formula is C19H24ClN3O2. The van der Waals surface area contributed by atoms with E-state index >= 15 is 0 Å². The van der Waals surface area contributed by atoms with Gasteiger partial charge in [-0.3, -0.25) is 4.79 Å². The summed E-state index contributed by atoms with van der Waals surface area (Å²) in [5.41, 5.74) is 7.33. The number of likely N-dealkylation sites (tertiary alicyclic amines) is 1. The van der Waals surface area contributed by atoms with Gasteiger partial charge in [0.25, 0.3) is 0 Å². The Morgan fingerprint density at radius 3 is 2.68 bits per heavy atom. The third-order valence-electron chi connectivity index (χ3n) is 5.67. The minimum Gasteiger partial charge on any atom is -0.440 e. The van der Waals surface area contributed by atoms with E-state index in [2.05, 4.69) is 4.98 Å². The van der Waals surface area contributed by atoms with Gasteiger partial charge in [-0.05, 0) is 43.9 Å². The van der Waals surface area contributed by atoms with E-state index in [-0.39, 0.29) is 11.8 Å². The number of nitrogens with zero attached hydrogens (tertiary/aromatic N) is 2. The topological polar surface area (TPSA) is 72.4 Å². The van der Waals surface area contributed by atoms with Crippen LogP contribution >= 0.6 is 11.6 Å². The van der Waals surface area contributed by atoms with Crippen molar-refractivity contribution >= 4 is 28.6 Å². The minimum atomic E-state index is -0.639. The highest BCUT2D eigenvalue weighted by Gasteiger charge is 2.39. The fraction of sp³-hybridized carbons (Fsp3) is 0.579. The number of rotatable bonds is 2. The minimum absolute atomic E-state index is 0.134. The third kappa shape index (κ3) is 3.27. The molecule has 0 spiro atoms. The predicted octanol–water partition coefficient (Wildman–Crippen LogP) is 3.85. The highest BCUT2D eigenvalue weighted by Crippen LogP contribution is 2.33. The van der Waals surface area contributed by atoms with Gasteiger partial charge in [-0.25, -0.2) is 4.98 Å². The Balaban J connectivity index is 1.42. The van der Waals surface area contributed by atoms with Crippen LogP contribution in [0.2, 0.25) is 5.02 Å².